The number of carbonyl (C=O) groups is 2. The second kappa shape index (κ2) is 9.07. The number of aromatic nitrogens is 2. The summed E-state index contributed by atoms with van der Waals surface area (Å²) in [6, 6.07) is 7.56. The standard InChI is InChI=1S/C21H18F3N5O3/c1-25-13-5-6-15(21(22,23)24)14(11-13)16-10-12-4-7-17(27-18(12)26-16)28-19(30)20(31)29(2)8-9-32-3/h4-7,10-11H,8-9H2,2-3H3,(H2,26,27,28,30). The molecule has 32 heavy (non-hydrogen) atoms. The number of aromatic amines is 1. The highest BCUT2D eigenvalue weighted by Gasteiger charge is 2.34. The van der Waals surface area contributed by atoms with Gasteiger partial charge in [-0.15, -0.1) is 0 Å². The fraction of sp³-hybridized carbons (Fsp3) is 0.238. The maximum Gasteiger partial charge on any atom is 0.416 e. The molecule has 166 valence electrons. The summed E-state index contributed by atoms with van der Waals surface area (Å²) in [7, 11) is 2.92. The Balaban J connectivity index is 1.90. The number of methoxy groups -OCH3 is 1. The molecule has 1 aromatic carbocycles. The lowest BCUT2D eigenvalue weighted by Gasteiger charge is -2.15. The van der Waals surface area contributed by atoms with Crippen LogP contribution in [0.5, 0.6) is 0 Å². The van der Waals surface area contributed by atoms with Crippen molar-refractivity contribution in [1.29, 1.82) is 0 Å². The summed E-state index contributed by atoms with van der Waals surface area (Å²) in [5, 5.41) is 2.86. The largest absolute Gasteiger partial charge is 0.416 e. The lowest BCUT2D eigenvalue weighted by molar-refractivity contribution is -0.142. The third-order valence-corrected chi connectivity index (χ3v) is 4.62. The van der Waals surface area contributed by atoms with Crippen molar-refractivity contribution in [2.75, 3.05) is 32.6 Å². The highest BCUT2D eigenvalue weighted by molar-refractivity contribution is 6.39. The summed E-state index contributed by atoms with van der Waals surface area (Å²) >= 11 is 0. The van der Waals surface area contributed by atoms with E-state index in [-0.39, 0.29) is 41.6 Å². The van der Waals surface area contributed by atoms with Crippen LogP contribution in [0.25, 0.3) is 27.1 Å². The summed E-state index contributed by atoms with van der Waals surface area (Å²) in [6.45, 7) is 7.56. The number of amides is 2. The van der Waals surface area contributed by atoms with Gasteiger partial charge < -0.3 is 19.9 Å². The van der Waals surface area contributed by atoms with Gasteiger partial charge in [-0.1, -0.05) is 12.1 Å². The summed E-state index contributed by atoms with van der Waals surface area (Å²) in [5.41, 5.74) is -0.702. The van der Waals surface area contributed by atoms with Crippen molar-refractivity contribution in [1.82, 2.24) is 14.9 Å². The summed E-state index contributed by atoms with van der Waals surface area (Å²) in [6.07, 6.45) is -4.62. The van der Waals surface area contributed by atoms with Crippen LogP contribution >= 0.6 is 0 Å². The van der Waals surface area contributed by atoms with Gasteiger partial charge in [0.15, 0.2) is 5.69 Å². The lowest BCUT2D eigenvalue weighted by atomic mass is 10.0. The number of nitrogens with one attached hydrogen (secondary N) is 2. The Morgan fingerprint density at radius 1 is 1.25 bits per heavy atom. The number of halogens is 3. The highest BCUT2D eigenvalue weighted by atomic mass is 19.4. The van der Waals surface area contributed by atoms with Gasteiger partial charge in [0, 0.05) is 31.8 Å². The quantitative estimate of drug-likeness (QED) is 0.461. The van der Waals surface area contributed by atoms with Crippen molar-refractivity contribution in [3.05, 3.63) is 53.4 Å². The van der Waals surface area contributed by atoms with E-state index in [0.717, 1.165) is 18.2 Å². The predicted octanol–water partition coefficient (Wildman–Crippen LogP) is 3.84. The zero-order chi connectivity index (χ0) is 23.5. The Bertz CT molecular complexity index is 1210. The van der Waals surface area contributed by atoms with Crippen molar-refractivity contribution in [3.8, 4) is 11.3 Å². The van der Waals surface area contributed by atoms with Crippen molar-refractivity contribution in [3.63, 3.8) is 0 Å². The molecule has 0 aliphatic rings. The van der Waals surface area contributed by atoms with Gasteiger partial charge in [0.25, 0.3) is 0 Å². The molecule has 0 unspecified atom stereocenters. The SMILES string of the molecule is [C-]#[N+]c1ccc(C(F)(F)F)c(-c2cc3ccc(NC(=O)C(=O)N(C)CCOC)nc3[nH]2)c1. The average Bonchev–Trinajstić information content (AvgIpc) is 3.19. The molecule has 11 heteroatoms. The number of hydrogen-bond donors (Lipinski definition) is 2. The maximum absolute atomic E-state index is 13.5. The third-order valence-electron chi connectivity index (χ3n) is 4.62. The molecule has 2 N–H and O–H groups in total. The van der Waals surface area contributed by atoms with Gasteiger partial charge in [-0.2, -0.15) is 13.2 Å². The number of benzene rings is 1. The molecular formula is C21H18F3N5O3. The minimum atomic E-state index is -4.62. The smallest absolute Gasteiger partial charge is 0.383 e. The van der Waals surface area contributed by atoms with E-state index < -0.39 is 23.6 Å². The van der Waals surface area contributed by atoms with Crippen LogP contribution in [0.4, 0.5) is 24.7 Å². The summed E-state index contributed by atoms with van der Waals surface area (Å²) in [5.74, 6) is -1.65. The van der Waals surface area contributed by atoms with Crippen LogP contribution in [-0.4, -0.2) is 54.0 Å². The number of ether oxygens (including phenoxy) is 1. The second-order valence-corrected chi connectivity index (χ2v) is 6.83. The highest BCUT2D eigenvalue weighted by Crippen LogP contribution is 2.39. The molecule has 2 heterocycles. The van der Waals surface area contributed by atoms with E-state index in [1.165, 1.54) is 31.2 Å². The second-order valence-electron chi connectivity index (χ2n) is 6.83. The molecule has 0 radical (unpaired) electrons. The number of rotatable bonds is 5. The molecule has 3 rings (SSSR count). The fourth-order valence-corrected chi connectivity index (χ4v) is 2.97. The van der Waals surface area contributed by atoms with E-state index >= 15 is 0 Å². The maximum atomic E-state index is 13.5. The zero-order valence-electron chi connectivity index (χ0n) is 17.1. The van der Waals surface area contributed by atoms with Gasteiger partial charge in [0.2, 0.25) is 0 Å². The van der Waals surface area contributed by atoms with Crippen LogP contribution in [0.2, 0.25) is 0 Å². The number of H-pyrrole nitrogens is 1. The monoisotopic (exact) mass is 445 g/mol. The van der Waals surface area contributed by atoms with E-state index in [0.29, 0.717) is 5.39 Å². The van der Waals surface area contributed by atoms with Crippen molar-refractivity contribution < 1.29 is 27.5 Å². The van der Waals surface area contributed by atoms with Gasteiger partial charge in [-0.25, -0.2) is 9.83 Å². The van der Waals surface area contributed by atoms with E-state index in [9.17, 15) is 22.8 Å². The molecule has 0 atom stereocenters. The van der Waals surface area contributed by atoms with Crippen LogP contribution in [0.3, 0.4) is 0 Å². The average molecular weight is 445 g/mol. The van der Waals surface area contributed by atoms with Gasteiger partial charge in [-0.3, -0.25) is 9.59 Å². The normalized spacial score (nSPS) is 11.2. The predicted molar refractivity (Wildman–Crippen MR) is 111 cm³/mol. The number of alkyl halides is 3. The van der Waals surface area contributed by atoms with Gasteiger partial charge in [-0.05, 0) is 29.8 Å². The first-order chi connectivity index (χ1) is 15.1. The number of hydrogen-bond acceptors (Lipinski definition) is 4. The first-order valence-electron chi connectivity index (χ1n) is 9.28. The Morgan fingerprint density at radius 3 is 2.66 bits per heavy atom. The molecule has 0 aliphatic heterocycles. The van der Waals surface area contributed by atoms with Crippen LogP contribution in [0, 0.1) is 6.57 Å². The molecule has 0 spiro atoms. The van der Waals surface area contributed by atoms with E-state index in [2.05, 4.69) is 20.1 Å². The molecule has 0 fully saturated rings. The minimum absolute atomic E-state index is 0.0512. The van der Waals surface area contributed by atoms with Gasteiger partial charge in [0.05, 0.1) is 18.7 Å². The molecule has 2 amide bonds. The van der Waals surface area contributed by atoms with E-state index in [1.54, 1.807) is 6.07 Å². The van der Waals surface area contributed by atoms with E-state index in [4.69, 9.17) is 11.3 Å². The number of likely N-dealkylation sites (N-methyl/N-ethyl adjacent to an activating group) is 1. The van der Waals surface area contributed by atoms with Crippen LogP contribution < -0.4 is 5.32 Å². The Kier molecular flexibility index (Phi) is 6.45. The van der Waals surface area contributed by atoms with Crippen LogP contribution in [0.1, 0.15) is 5.56 Å². The fourth-order valence-electron chi connectivity index (χ4n) is 2.97. The number of carbonyl (C=O) groups excluding carboxylic acids is 2. The number of anilines is 1. The molecule has 8 nitrogen and oxygen atoms in total. The lowest BCUT2D eigenvalue weighted by Crippen LogP contribution is -2.38. The molecule has 0 aliphatic carbocycles. The number of fused-ring (bicyclic) bond motifs is 1. The van der Waals surface area contributed by atoms with Gasteiger partial charge >= 0.3 is 18.0 Å². The summed E-state index contributed by atoms with van der Waals surface area (Å²) < 4.78 is 45.2. The van der Waals surface area contributed by atoms with E-state index in [1.807, 2.05) is 0 Å². The molecular weight excluding hydrogens is 427 g/mol. The molecule has 2 aromatic heterocycles. The van der Waals surface area contributed by atoms with Crippen LogP contribution in [0.15, 0.2) is 36.4 Å². The van der Waals surface area contributed by atoms with Crippen LogP contribution in [-0.2, 0) is 20.5 Å². The van der Waals surface area contributed by atoms with Crippen molar-refractivity contribution in [2.45, 2.75) is 6.18 Å². The Morgan fingerprint density at radius 2 is 2.00 bits per heavy atom. The Hall–Kier alpha value is -3.91. The van der Waals surface area contributed by atoms with Gasteiger partial charge in [0.1, 0.15) is 11.5 Å². The first-order valence-corrected chi connectivity index (χ1v) is 9.28. The number of nitrogens with zero attached hydrogens (tertiary/aromatic N) is 3. The first kappa shape index (κ1) is 22.8. The summed E-state index contributed by atoms with van der Waals surface area (Å²) in [4.78, 5) is 35.6. The topological polar surface area (TPSA) is 91.7 Å². The molecule has 0 saturated carbocycles. The molecule has 3 aromatic rings. The molecule has 0 bridgehead atoms. The molecule has 0 saturated heterocycles. The van der Waals surface area contributed by atoms with Crippen molar-refractivity contribution >= 4 is 34.4 Å². The third kappa shape index (κ3) is 4.87. The van der Waals surface area contributed by atoms with Crippen molar-refractivity contribution in [2.24, 2.45) is 0 Å². The minimum Gasteiger partial charge on any atom is -0.383 e. The number of pyridine rings is 1. The zero-order valence-corrected chi connectivity index (χ0v) is 17.1. The Labute approximate surface area is 180 Å².